The van der Waals surface area contributed by atoms with Gasteiger partial charge in [0.25, 0.3) is 0 Å². The van der Waals surface area contributed by atoms with E-state index in [0.29, 0.717) is 17.9 Å². The molecule has 0 amide bonds. The molecular formula is C21H21ClN2O2. The lowest BCUT2D eigenvalue weighted by Gasteiger charge is -2.06. The third kappa shape index (κ3) is 5.74. The number of carbonyl (C=O) groups is 1. The number of aromatic nitrogens is 2. The molecule has 1 aromatic heterocycles. The summed E-state index contributed by atoms with van der Waals surface area (Å²) in [7, 11) is 0. The molecule has 0 atom stereocenters. The topological polar surface area (TPSA) is 55.0 Å². The molecule has 0 unspecified atom stereocenters. The fraction of sp³-hybridized carbons (Fsp3) is 0.238. The van der Waals surface area contributed by atoms with E-state index in [4.69, 9.17) is 16.3 Å². The smallest absolute Gasteiger partial charge is 0.306 e. The first-order valence-corrected chi connectivity index (χ1v) is 9.02. The molecule has 2 aromatic carbocycles. The Bertz CT molecular complexity index is 812. The van der Waals surface area contributed by atoms with Crippen LogP contribution in [0.5, 0.6) is 0 Å². The molecule has 26 heavy (non-hydrogen) atoms. The second-order valence-electron chi connectivity index (χ2n) is 6.18. The number of nitrogens with one attached hydrogen (secondary N) is 1. The number of carbonyl (C=O) groups excluding carboxylic acids is 1. The normalized spacial score (nSPS) is 10.7. The van der Waals surface area contributed by atoms with Crippen LogP contribution in [0.4, 0.5) is 0 Å². The Morgan fingerprint density at radius 3 is 2.23 bits per heavy atom. The van der Waals surface area contributed by atoms with E-state index >= 15 is 0 Å². The number of aryl methyl sites for hydroxylation is 3. The van der Waals surface area contributed by atoms with Gasteiger partial charge in [-0.15, -0.1) is 0 Å². The van der Waals surface area contributed by atoms with Crippen LogP contribution in [0.2, 0.25) is 5.02 Å². The Morgan fingerprint density at radius 2 is 1.58 bits per heavy atom. The molecule has 0 saturated carbocycles. The summed E-state index contributed by atoms with van der Waals surface area (Å²) in [4.78, 5) is 19.0. The molecule has 0 aliphatic heterocycles. The number of ether oxygens (including phenoxy) is 1. The number of benzene rings is 2. The lowest BCUT2D eigenvalue weighted by molar-refractivity contribution is -0.144. The minimum absolute atomic E-state index is 0.191. The summed E-state index contributed by atoms with van der Waals surface area (Å²) in [5.41, 5.74) is 4.48. The third-order valence-electron chi connectivity index (χ3n) is 4.19. The van der Waals surface area contributed by atoms with Crippen molar-refractivity contribution >= 4 is 17.6 Å². The summed E-state index contributed by atoms with van der Waals surface area (Å²) in [5, 5.41) is 0.674. The molecule has 1 heterocycles. The van der Waals surface area contributed by atoms with Crippen molar-refractivity contribution in [3.63, 3.8) is 0 Å². The van der Waals surface area contributed by atoms with Crippen LogP contribution >= 0.6 is 11.6 Å². The van der Waals surface area contributed by atoms with Crippen molar-refractivity contribution in [3.05, 3.63) is 88.5 Å². The first kappa shape index (κ1) is 18.2. The lowest BCUT2D eigenvalue weighted by Crippen LogP contribution is -2.06. The van der Waals surface area contributed by atoms with Gasteiger partial charge < -0.3 is 9.72 Å². The maximum Gasteiger partial charge on any atom is 0.306 e. The van der Waals surface area contributed by atoms with Gasteiger partial charge in [0.05, 0.1) is 6.33 Å². The van der Waals surface area contributed by atoms with Crippen LogP contribution in [0, 0.1) is 0 Å². The Morgan fingerprint density at radius 1 is 0.923 bits per heavy atom. The minimum Gasteiger partial charge on any atom is -0.461 e. The van der Waals surface area contributed by atoms with E-state index in [1.54, 1.807) is 18.5 Å². The molecule has 134 valence electrons. The van der Waals surface area contributed by atoms with Crippen molar-refractivity contribution < 1.29 is 9.53 Å². The van der Waals surface area contributed by atoms with Crippen molar-refractivity contribution in [2.75, 3.05) is 0 Å². The van der Waals surface area contributed by atoms with E-state index in [1.165, 1.54) is 5.56 Å². The van der Waals surface area contributed by atoms with Crippen LogP contribution < -0.4 is 0 Å². The molecule has 0 radical (unpaired) electrons. The predicted octanol–water partition coefficient (Wildman–Crippen LogP) is 4.52. The SMILES string of the molecule is O=C(CCc1ccc(CCc2cnc[nH]2)cc1)OCc1ccc(Cl)cc1. The highest BCUT2D eigenvalue weighted by molar-refractivity contribution is 6.30. The number of rotatable bonds is 8. The van der Waals surface area contributed by atoms with Crippen molar-refractivity contribution in [3.8, 4) is 0 Å². The molecule has 0 aliphatic carbocycles. The minimum atomic E-state index is -0.191. The molecule has 4 nitrogen and oxygen atoms in total. The molecule has 0 bridgehead atoms. The number of nitrogens with zero attached hydrogens (tertiary/aromatic N) is 1. The molecule has 3 aromatic rings. The van der Waals surface area contributed by atoms with Gasteiger partial charge in [0, 0.05) is 23.3 Å². The Kier molecular flexibility index (Phi) is 6.45. The standard InChI is InChI=1S/C21H21ClN2O2/c22-19-9-5-18(6-10-19)14-26-21(25)12-8-17-3-1-16(2-4-17)7-11-20-13-23-15-24-20/h1-6,9-10,13,15H,7-8,11-12,14H2,(H,23,24). The monoisotopic (exact) mass is 368 g/mol. The Labute approximate surface area is 158 Å². The third-order valence-corrected chi connectivity index (χ3v) is 4.44. The summed E-state index contributed by atoms with van der Waals surface area (Å²) in [6, 6.07) is 15.7. The number of aromatic amines is 1. The fourth-order valence-electron chi connectivity index (χ4n) is 2.64. The van der Waals surface area contributed by atoms with Crippen molar-refractivity contribution in [1.29, 1.82) is 0 Å². The zero-order chi connectivity index (χ0) is 18.2. The van der Waals surface area contributed by atoms with E-state index in [2.05, 4.69) is 34.2 Å². The van der Waals surface area contributed by atoms with Crippen LogP contribution in [0.3, 0.4) is 0 Å². The van der Waals surface area contributed by atoms with E-state index in [0.717, 1.165) is 29.7 Å². The molecular weight excluding hydrogens is 348 g/mol. The first-order valence-electron chi connectivity index (χ1n) is 8.64. The molecule has 3 rings (SSSR count). The average Bonchev–Trinajstić information content (AvgIpc) is 3.19. The van der Waals surface area contributed by atoms with E-state index in [-0.39, 0.29) is 12.6 Å². The number of H-pyrrole nitrogens is 1. The van der Waals surface area contributed by atoms with Gasteiger partial charge in [0.1, 0.15) is 6.61 Å². The Balaban J connectivity index is 1.39. The second-order valence-corrected chi connectivity index (χ2v) is 6.62. The molecule has 0 spiro atoms. The van der Waals surface area contributed by atoms with Gasteiger partial charge in [-0.3, -0.25) is 4.79 Å². The Hall–Kier alpha value is -2.59. The zero-order valence-corrected chi connectivity index (χ0v) is 15.2. The molecule has 5 heteroatoms. The van der Waals surface area contributed by atoms with Crippen molar-refractivity contribution in [2.24, 2.45) is 0 Å². The summed E-state index contributed by atoms with van der Waals surface area (Å²) in [6.07, 6.45) is 6.51. The highest BCUT2D eigenvalue weighted by Crippen LogP contribution is 2.12. The van der Waals surface area contributed by atoms with Crippen molar-refractivity contribution in [2.45, 2.75) is 32.3 Å². The van der Waals surface area contributed by atoms with Crippen LogP contribution in [0.1, 0.15) is 28.8 Å². The highest BCUT2D eigenvalue weighted by Gasteiger charge is 2.05. The first-order chi connectivity index (χ1) is 12.7. The zero-order valence-electron chi connectivity index (χ0n) is 14.5. The van der Waals surface area contributed by atoms with Crippen LogP contribution in [0.15, 0.2) is 61.1 Å². The predicted molar refractivity (Wildman–Crippen MR) is 102 cm³/mol. The van der Waals surface area contributed by atoms with Gasteiger partial charge in [-0.2, -0.15) is 0 Å². The lowest BCUT2D eigenvalue weighted by atomic mass is 10.0. The van der Waals surface area contributed by atoms with Crippen LogP contribution in [-0.2, 0) is 35.4 Å². The van der Waals surface area contributed by atoms with Gasteiger partial charge >= 0.3 is 5.97 Å². The van der Waals surface area contributed by atoms with E-state index < -0.39 is 0 Å². The van der Waals surface area contributed by atoms with E-state index in [9.17, 15) is 4.79 Å². The molecule has 0 saturated heterocycles. The average molecular weight is 369 g/mol. The summed E-state index contributed by atoms with van der Waals surface area (Å²) in [6.45, 7) is 0.280. The molecule has 0 fully saturated rings. The fourth-order valence-corrected chi connectivity index (χ4v) is 2.76. The maximum absolute atomic E-state index is 11.9. The molecule has 1 N–H and O–H groups in total. The van der Waals surface area contributed by atoms with Gasteiger partial charge in [0.2, 0.25) is 0 Å². The van der Waals surface area contributed by atoms with E-state index in [1.807, 2.05) is 18.3 Å². The number of esters is 1. The largest absolute Gasteiger partial charge is 0.461 e. The highest BCUT2D eigenvalue weighted by atomic mass is 35.5. The number of hydrogen-bond acceptors (Lipinski definition) is 3. The van der Waals surface area contributed by atoms with Gasteiger partial charge in [-0.1, -0.05) is 48.0 Å². The quantitative estimate of drug-likeness (QED) is 0.594. The van der Waals surface area contributed by atoms with Crippen LogP contribution in [0.25, 0.3) is 0 Å². The van der Waals surface area contributed by atoms with Gasteiger partial charge in [-0.25, -0.2) is 4.98 Å². The number of hydrogen-bond donors (Lipinski definition) is 1. The second kappa shape index (κ2) is 9.20. The van der Waals surface area contributed by atoms with Crippen molar-refractivity contribution in [1.82, 2.24) is 9.97 Å². The molecule has 0 aliphatic rings. The number of halogens is 1. The van der Waals surface area contributed by atoms with Gasteiger partial charge in [0.15, 0.2) is 0 Å². The van der Waals surface area contributed by atoms with Gasteiger partial charge in [-0.05, 0) is 48.1 Å². The number of imidazole rings is 1. The maximum atomic E-state index is 11.9. The summed E-state index contributed by atoms with van der Waals surface area (Å²) >= 11 is 5.84. The summed E-state index contributed by atoms with van der Waals surface area (Å²) in [5.74, 6) is -0.191. The van der Waals surface area contributed by atoms with Crippen LogP contribution in [-0.4, -0.2) is 15.9 Å². The summed E-state index contributed by atoms with van der Waals surface area (Å²) < 4.78 is 5.30.